The lowest BCUT2D eigenvalue weighted by atomic mass is 10.0. The smallest absolute Gasteiger partial charge is 0.230 e. The molecule has 1 fully saturated rings. The monoisotopic (exact) mass is 309 g/mol. The molecule has 0 unspecified atom stereocenters. The van der Waals surface area contributed by atoms with Crippen molar-refractivity contribution in [2.45, 2.75) is 31.1 Å². The van der Waals surface area contributed by atoms with Crippen LogP contribution < -0.4 is 10.1 Å². The van der Waals surface area contributed by atoms with Crippen LogP contribution in [0, 0.1) is 5.41 Å². The molecule has 1 aliphatic rings. The first-order valence-corrected chi connectivity index (χ1v) is 8.39. The molecule has 0 spiro atoms. The lowest BCUT2D eigenvalue weighted by molar-refractivity contribution is -0.118. The number of aliphatic hydroxyl groups is 1. The lowest BCUT2D eigenvalue weighted by Crippen LogP contribution is -2.31. The van der Waals surface area contributed by atoms with E-state index in [1.54, 1.807) is 0 Å². The molecule has 1 aromatic carbocycles. The van der Waals surface area contributed by atoms with E-state index in [-0.39, 0.29) is 17.9 Å². The van der Waals surface area contributed by atoms with Crippen LogP contribution in [0.4, 0.5) is 0 Å². The molecule has 0 aliphatic heterocycles. The normalized spacial score (nSPS) is 15.5. The Balaban J connectivity index is 1.69. The van der Waals surface area contributed by atoms with Crippen LogP contribution in [0.3, 0.4) is 0 Å². The van der Waals surface area contributed by atoms with Gasteiger partial charge in [0, 0.05) is 18.0 Å². The Morgan fingerprint density at radius 1 is 1.38 bits per heavy atom. The average Bonchev–Trinajstić information content (AvgIpc) is 3.25. The van der Waals surface area contributed by atoms with Crippen molar-refractivity contribution in [3.8, 4) is 5.75 Å². The van der Waals surface area contributed by atoms with E-state index >= 15 is 0 Å². The second-order valence-corrected chi connectivity index (χ2v) is 6.49. The quantitative estimate of drug-likeness (QED) is 0.688. The summed E-state index contributed by atoms with van der Waals surface area (Å²) in [5.74, 6) is 1.33. The van der Waals surface area contributed by atoms with Crippen molar-refractivity contribution >= 4 is 17.7 Å². The van der Waals surface area contributed by atoms with Gasteiger partial charge in [-0.05, 0) is 55.9 Å². The van der Waals surface area contributed by atoms with Crippen molar-refractivity contribution in [1.82, 2.24) is 5.32 Å². The van der Waals surface area contributed by atoms with E-state index in [2.05, 4.69) is 5.32 Å². The minimum Gasteiger partial charge on any atom is -0.494 e. The van der Waals surface area contributed by atoms with Gasteiger partial charge in [-0.15, -0.1) is 11.8 Å². The molecule has 0 aromatic heterocycles. The Hall–Kier alpha value is -1.20. The van der Waals surface area contributed by atoms with Crippen LogP contribution in [-0.2, 0) is 4.79 Å². The fourth-order valence-electron chi connectivity index (χ4n) is 2.21. The van der Waals surface area contributed by atoms with Gasteiger partial charge in [0.15, 0.2) is 0 Å². The molecular formula is C16H23NO3S. The van der Waals surface area contributed by atoms with E-state index in [9.17, 15) is 4.79 Å². The SMILES string of the molecule is CCOc1ccc(SCC(=O)NCC2(CCO)CC2)cc1. The van der Waals surface area contributed by atoms with E-state index in [1.165, 1.54) is 11.8 Å². The molecule has 21 heavy (non-hydrogen) atoms. The highest BCUT2D eigenvalue weighted by Crippen LogP contribution is 2.47. The molecule has 0 saturated heterocycles. The fourth-order valence-corrected chi connectivity index (χ4v) is 2.94. The third-order valence-corrected chi connectivity index (χ3v) is 4.78. The number of amides is 1. The highest BCUT2D eigenvalue weighted by Gasteiger charge is 2.41. The molecule has 2 rings (SSSR count). The average molecular weight is 309 g/mol. The number of hydrogen-bond acceptors (Lipinski definition) is 4. The Kier molecular flexibility index (Phi) is 5.94. The van der Waals surface area contributed by atoms with Crippen molar-refractivity contribution in [3.05, 3.63) is 24.3 Å². The molecule has 0 radical (unpaired) electrons. The van der Waals surface area contributed by atoms with Gasteiger partial charge in [-0.25, -0.2) is 0 Å². The van der Waals surface area contributed by atoms with Crippen molar-refractivity contribution in [3.63, 3.8) is 0 Å². The molecule has 1 amide bonds. The highest BCUT2D eigenvalue weighted by molar-refractivity contribution is 8.00. The third-order valence-electron chi connectivity index (χ3n) is 3.76. The summed E-state index contributed by atoms with van der Waals surface area (Å²) in [6, 6.07) is 7.78. The highest BCUT2D eigenvalue weighted by atomic mass is 32.2. The van der Waals surface area contributed by atoms with Gasteiger partial charge in [0.05, 0.1) is 12.4 Å². The second kappa shape index (κ2) is 7.71. The van der Waals surface area contributed by atoms with Crippen LogP contribution in [0.1, 0.15) is 26.2 Å². The minimum absolute atomic E-state index is 0.0538. The van der Waals surface area contributed by atoms with Crippen LogP contribution in [0.2, 0.25) is 0 Å². The first-order valence-electron chi connectivity index (χ1n) is 7.41. The molecule has 1 aromatic rings. The Labute approximate surface area is 130 Å². The predicted octanol–water partition coefficient (Wildman–Crippen LogP) is 2.46. The summed E-state index contributed by atoms with van der Waals surface area (Å²) in [5.41, 5.74) is 0.175. The van der Waals surface area contributed by atoms with E-state index in [4.69, 9.17) is 9.84 Å². The van der Waals surface area contributed by atoms with Crippen molar-refractivity contribution in [2.24, 2.45) is 5.41 Å². The zero-order valence-electron chi connectivity index (χ0n) is 12.4. The van der Waals surface area contributed by atoms with Crippen molar-refractivity contribution in [2.75, 3.05) is 25.5 Å². The van der Waals surface area contributed by atoms with Crippen LogP contribution in [0.5, 0.6) is 5.75 Å². The molecule has 1 aliphatic carbocycles. The Bertz CT molecular complexity index is 457. The Morgan fingerprint density at radius 3 is 2.67 bits per heavy atom. The van der Waals surface area contributed by atoms with Crippen LogP contribution in [0.15, 0.2) is 29.2 Å². The third kappa shape index (κ3) is 5.25. The predicted molar refractivity (Wildman–Crippen MR) is 84.7 cm³/mol. The fraction of sp³-hybridized carbons (Fsp3) is 0.562. The summed E-state index contributed by atoms with van der Waals surface area (Å²) >= 11 is 1.52. The maximum atomic E-state index is 11.8. The van der Waals surface area contributed by atoms with Crippen LogP contribution in [-0.4, -0.2) is 36.5 Å². The number of nitrogens with one attached hydrogen (secondary N) is 1. The van der Waals surface area contributed by atoms with Gasteiger partial charge in [0.2, 0.25) is 5.91 Å². The summed E-state index contributed by atoms with van der Waals surface area (Å²) in [4.78, 5) is 12.9. The van der Waals surface area contributed by atoms with E-state index in [0.717, 1.165) is 29.9 Å². The van der Waals surface area contributed by atoms with Gasteiger partial charge >= 0.3 is 0 Å². The number of ether oxygens (including phenoxy) is 1. The maximum absolute atomic E-state index is 11.8. The minimum atomic E-state index is 0.0538. The van der Waals surface area contributed by atoms with Crippen LogP contribution in [0.25, 0.3) is 0 Å². The number of aliphatic hydroxyl groups excluding tert-OH is 1. The first kappa shape index (κ1) is 16.2. The molecule has 1 saturated carbocycles. The zero-order chi connectivity index (χ0) is 15.1. The molecule has 4 nitrogen and oxygen atoms in total. The van der Waals surface area contributed by atoms with Gasteiger partial charge in [-0.1, -0.05) is 0 Å². The van der Waals surface area contributed by atoms with Gasteiger partial charge in [0.25, 0.3) is 0 Å². The summed E-state index contributed by atoms with van der Waals surface area (Å²) < 4.78 is 5.38. The van der Waals surface area contributed by atoms with E-state index in [0.29, 0.717) is 18.9 Å². The van der Waals surface area contributed by atoms with Gasteiger partial charge < -0.3 is 15.2 Å². The standard InChI is InChI=1S/C16H23NO3S/c1-2-20-13-3-5-14(6-4-13)21-11-15(19)17-12-16(7-8-16)9-10-18/h3-6,18H,2,7-12H2,1H3,(H,17,19). The topological polar surface area (TPSA) is 58.6 Å². The molecule has 0 bridgehead atoms. The molecule has 5 heteroatoms. The molecule has 116 valence electrons. The molecular weight excluding hydrogens is 286 g/mol. The maximum Gasteiger partial charge on any atom is 0.230 e. The molecule has 0 atom stereocenters. The second-order valence-electron chi connectivity index (χ2n) is 5.44. The number of hydrogen-bond donors (Lipinski definition) is 2. The van der Waals surface area contributed by atoms with Crippen LogP contribution >= 0.6 is 11.8 Å². The number of rotatable bonds is 9. The van der Waals surface area contributed by atoms with E-state index < -0.39 is 0 Å². The summed E-state index contributed by atoms with van der Waals surface area (Å²) in [5, 5.41) is 12.0. The van der Waals surface area contributed by atoms with Gasteiger partial charge in [0.1, 0.15) is 5.75 Å². The first-order chi connectivity index (χ1) is 10.2. The largest absolute Gasteiger partial charge is 0.494 e. The summed E-state index contributed by atoms with van der Waals surface area (Å²) in [6.45, 7) is 3.51. The van der Waals surface area contributed by atoms with Gasteiger partial charge in [-0.3, -0.25) is 4.79 Å². The lowest BCUT2D eigenvalue weighted by Gasteiger charge is -2.14. The molecule has 0 heterocycles. The number of carbonyl (C=O) groups is 1. The van der Waals surface area contributed by atoms with Crippen molar-refractivity contribution < 1.29 is 14.6 Å². The van der Waals surface area contributed by atoms with E-state index in [1.807, 2.05) is 31.2 Å². The van der Waals surface area contributed by atoms with Gasteiger partial charge in [-0.2, -0.15) is 0 Å². The summed E-state index contributed by atoms with van der Waals surface area (Å²) in [7, 11) is 0. The number of benzene rings is 1. The number of thioether (sulfide) groups is 1. The van der Waals surface area contributed by atoms with Crippen molar-refractivity contribution in [1.29, 1.82) is 0 Å². The molecule has 2 N–H and O–H groups in total. The Morgan fingerprint density at radius 2 is 2.10 bits per heavy atom. The zero-order valence-corrected chi connectivity index (χ0v) is 13.2. The number of carbonyl (C=O) groups excluding carboxylic acids is 1. The summed E-state index contributed by atoms with van der Waals surface area (Å²) in [6.07, 6.45) is 3.01.